The van der Waals surface area contributed by atoms with Crippen molar-refractivity contribution in [2.24, 2.45) is 0 Å². The van der Waals surface area contributed by atoms with Crippen LogP contribution in [0.3, 0.4) is 0 Å². The van der Waals surface area contributed by atoms with Gasteiger partial charge in [0.1, 0.15) is 11.6 Å². The van der Waals surface area contributed by atoms with Crippen molar-refractivity contribution in [3.8, 4) is 10.7 Å². The third kappa shape index (κ3) is 4.32. The molecule has 0 aliphatic rings. The van der Waals surface area contributed by atoms with Gasteiger partial charge < -0.3 is 15.2 Å². The lowest BCUT2D eigenvalue weighted by molar-refractivity contribution is 0.303. The normalized spacial score (nSPS) is 11.6. The van der Waals surface area contributed by atoms with Crippen molar-refractivity contribution in [2.75, 3.05) is 31.5 Å². The first-order valence-corrected chi connectivity index (χ1v) is 9.71. The Balaban J connectivity index is 1.63. The van der Waals surface area contributed by atoms with Gasteiger partial charge in [0.05, 0.1) is 25.9 Å². The predicted octanol–water partition coefficient (Wildman–Crippen LogP) is 5.23. The number of fused-ring (bicyclic) bond motifs is 1. The summed E-state index contributed by atoms with van der Waals surface area (Å²) >= 11 is 7.46. The summed E-state index contributed by atoms with van der Waals surface area (Å²) in [4.78, 5) is 11.1. The molecule has 0 radical (unpaired) electrons. The standard InChI is InChI=1S/C18H22ClFN4S/c1-3-24(4-2)9-5-8-21-17-7-6-16(25-17)18-22-14-10-12(19)13(20)11-15(14)23-18/h6-7,10-11,21H,3-5,8-9H2,1-2H3,(H,22,23). The lowest BCUT2D eigenvalue weighted by Gasteiger charge is -2.17. The first-order valence-electron chi connectivity index (χ1n) is 8.52. The highest BCUT2D eigenvalue weighted by Crippen LogP contribution is 2.31. The minimum atomic E-state index is -0.439. The van der Waals surface area contributed by atoms with Crippen LogP contribution in [0.4, 0.5) is 9.39 Å². The second kappa shape index (κ2) is 8.17. The molecule has 0 saturated heterocycles. The zero-order chi connectivity index (χ0) is 17.8. The van der Waals surface area contributed by atoms with Crippen LogP contribution >= 0.6 is 22.9 Å². The summed E-state index contributed by atoms with van der Waals surface area (Å²) in [5.74, 6) is 0.295. The number of rotatable bonds is 8. The largest absolute Gasteiger partial charge is 0.377 e. The number of nitrogens with zero attached hydrogens (tertiary/aromatic N) is 2. The topological polar surface area (TPSA) is 44.0 Å². The summed E-state index contributed by atoms with van der Waals surface area (Å²) in [5.41, 5.74) is 1.32. The fourth-order valence-corrected chi connectivity index (χ4v) is 3.77. The Hall–Kier alpha value is -1.63. The van der Waals surface area contributed by atoms with Crippen LogP contribution in [0.25, 0.3) is 21.7 Å². The summed E-state index contributed by atoms with van der Waals surface area (Å²) in [6.07, 6.45) is 1.11. The van der Waals surface area contributed by atoms with Crippen molar-refractivity contribution in [2.45, 2.75) is 20.3 Å². The van der Waals surface area contributed by atoms with Crippen LogP contribution < -0.4 is 5.32 Å². The van der Waals surface area contributed by atoms with Crippen molar-refractivity contribution in [3.63, 3.8) is 0 Å². The minimum absolute atomic E-state index is 0.0901. The highest BCUT2D eigenvalue weighted by molar-refractivity contribution is 7.19. The van der Waals surface area contributed by atoms with E-state index in [1.165, 1.54) is 6.07 Å². The predicted molar refractivity (Wildman–Crippen MR) is 105 cm³/mol. The first kappa shape index (κ1) is 18.2. The monoisotopic (exact) mass is 380 g/mol. The van der Waals surface area contributed by atoms with Gasteiger partial charge in [-0.15, -0.1) is 11.3 Å². The van der Waals surface area contributed by atoms with Crippen LogP contribution in [0.15, 0.2) is 24.3 Å². The lowest BCUT2D eigenvalue weighted by atomic mass is 10.3. The Bertz CT molecular complexity index is 802. The molecule has 0 saturated carbocycles. The van der Waals surface area contributed by atoms with Crippen molar-refractivity contribution < 1.29 is 4.39 Å². The van der Waals surface area contributed by atoms with E-state index in [-0.39, 0.29) is 5.02 Å². The van der Waals surface area contributed by atoms with Gasteiger partial charge in [-0.1, -0.05) is 25.4 Å². The van der Waals surface area contributed by atoms with Gasteiger partial charge in [0, 0.05) is 12.6 Å². The Kier molecular flexibility index (Phi) is 5.93. The van der Waals surface area contributed by atoms with Gasteiger partial charge in [-0.2, -0.15) is 0 Å². The second-order valence-electron chi connectivity index (χ2n) is 5.84. The third-order valence-corrected chi connectivity index (χ3v) is 5.55. The van der Waals surface area contributed by atoms with E-state index in [1.54, 1.807) is 17.4 Å². The van der Waals surface area contributed by atoms with Crippen molar-refractivity contribution in [1.29, 1.82) is 0 Å². The fourth-order valence-electron chi connectivity index (χ4n) is 2.74. The van der Waals surface area contributed by atoms with E-state index in [2.05, 4.69) is 40.1 Å². The van der Waals surface area contributed by atoms with E-state index in [0.717, 1.165) is 48.3 Å². The summed E-state index contributed by atoms with van der Waals surface area (Å²) in [7, 11) is 0. The molecule has 2 aromatic heterocycles. The molecule has 134 valence electrons. The van der Waals surface area contributed by atoms with Gasteiger partial charge in [0.2, 0.25) is 0 Å². The molecule has 0 bridgehead atoms. The Morgan fingerprint density at radius 2 is 2.08 bits per heavy atom. The molecule has 0 spiro atoms. The molecule has 0 amide bonds. The van der Waals surface area contributed by atoms with E-state index in [9.17, 15) is 4.39 Å². The van der Waals surface area contributed by atoms with Gasteiger partial charge in [-0.3, -0.25) is 0 Å². The molecule has 0 unspecified atom stereocenters. The van der Waals surface area contributed by atoms with Crippen LogP contribution in [-0.2, 0) is 0 Å². The number of benzene rings is 1. The zero-order valence-corrected chi connectivity index (χ0v) is 16.0. The fraction of sp³-hybridized carbons (Fsp3) is 0.389. The molecular weight excluding hydrogens is 359 g/mol. The highest BCUT2D eigenvalue weighted by Gasteiger charge is 2.11. The van der Waals surface area contributed by atoms with Crippen LogP contribution in [0.1, 0.15) is 20.3 Å². The third-order valence-electron chi connectivity index (χ3n) is 4.21. The minimum Gasteiger partial charge on any atom is -0.377 e. The average Bonchev–Trinajstić information content (AvgIpc) is 3.22. The molecule has 3 aromatic rings. The summed E-state index contributed by atoms with van der Waals surface area (Å²) < 4.78 is 13.6. The number of anilines is 1. The number of hydrogen-bond acceptors (Lipinski definition) is 4. The maximum atomic E-state index is 13.6. The van der Waals surface area contributed by atoms with Crippen molar-refractivity contribution >= 4 is 39.0 Å². The molecule has 7 heteroatoms. The number of imidazole rings is 1. The molecular formula is C18H22ClFN4S. The average molecular weight is 381 g/mol. The Labute approximate surface area is 156 Å². The molecule has 0 aliphatic carbocycles. The number of halogens is 2. The number of hydrogen-bond donors (Lipinski definition) is 2. The Morgan fingerprint density at radius 1 is 1.28 bits per heavy atom. The highest BCUT2D eigenvalue weighted by atomic mass is 35.5. The van der Waals surface area contributed by atoms with Gasteiger partial charge in [-0.05, 0) is 44.3 Å². The molecule has 0 aliphatic heterocycles. The van der Waals surface area contributed by atoms with Gasteiger partial charge >= 0.3 is 0 Å². The molecule has 0 atom stereocenters. The first-order chi connectivity index (χ1) is 12.1. The smallest absolute Gasteiger partial charge is 0.148 e. The number of aromatic amines is 1. The number of nitrogens with one attached hydrogen (secondary N) is 2. The second-order valence-corrected chi connectivity index (χ2v) is 7.33. The summed E-state index contributed by atoms with van der Waals surface area (Å²) in [6, 6.07) is 7.01. The lowest BCUT2D eigenvalue weighted by Crippen LogP contribution is -2.25. The van der Waals surface area contributed by atoms with E-state index >= 15 is 0 Å². The number of H-pyrrole nitrogens is 1. The van der Waals surface area contributed by atoms with Gasteiger partial charge in [-0.25, -0.2) is 9.37 Å². The van der Waals surface area contributed by atoms with Crippen LogP contribution in [0, 0.1) is 5.82 Å². The molecule has 3 rings (SSSR count). The SMILES string of the molecule is CCN(CC)CCCNc1ccc(-c2nc3cc(Cl)c(F)cc3[nH]2)s1. The molecule has 2 heterocycles. The maximum absolute atomic E-state index is 13.6. The molecule has 1 aromatic carbocycles. The van der Waals surface area contributed by atoms with E-state index in [1.807, 2.05) is 6.07 Å². The molecule has 4 nitrogen and oxygen atoms in total. The summed E-state index contributed by atoms with van der Waals surface area (Å²) in [5, 5.41) is 4.66. The summed E-state index contributed by atoms with van der Waals surface area (Å²) in [6.45, 7) is 8.61. The van der Waals surface area contributed by atoms with Crippen molar-refractivity contribution in [3.05, 3.63) is 35.1 Å². The van der Waals surface area contributed by atoms with E-state index in [0.29, 0.717) is 11.0 Å². The van der Waals surface area contributed by atoms with Crippen LogP contribution in [-0.4, -0.2) is 41.0 Å². The quantitative estimate of drug-likeness (QED) is 0.526. The number of aromatic nitrogens is 2. The van der Waals surface area contributed by atoms with E-state index < -0.39 is 5.82 Å². The molecule has 2 N–H and O–H groups in total. The van der Waals surface area contributed by atoms with Crippen molar-refractivity contribution in [1.82, 2.24) is 14.9 Å². The maximum Gasteiger partial charge on any atom is 0.148 e. The van der Waals surface area contributed by atoms with Crippen LogP contribution in [0.2, 0.25) is 5.02 Å². The zero-order valence-electron chi connectivity index (χ0n) is 14.4. The van der Waals surface area contributed by atoms with Gasteiger partial charge in [0.25, 0.3) is 0 Å². The van der Waals surface area contributed by atoms with Gasteiger partial charge in [0.15, 0.2) is 0 Å². The van der Waals surface area contributed by atoms with Crippen LogP contribution in [0.5, 0.6) is 0 Å². The number of thiophene rings is 1. The molecule has 0 fully saturated rings. The molecule has 25 heavy (non-hydrogen) atoms. The van der Waals surface area contributed by atoms with E-state index in [4.69, 9.17) is 11.6 Å². The Morgan fingerprint density at radius 3 is 2.84 bits per heavy atom.